The molecule has 10 heteroatoms. The zero-order valence-corrected chi connectivity index (χ0v) is 19.1. The molecule has 9 nitrogen and oxygen atoms in total. The van der Waals surface area contributed by atoms with Gasteiger partial charge in [-0.15, -0.1) is 0 Å². The molecule has 0 radical (unpaired) electrons. The van der Waals surface area contributed by atoms with Gasteiger partial charge in [0.05, 0.1) is 28.7 Å². The highest BCUT2D eigenvalue weighted by atomic mass is 32.2. The first-order valence-corrected chi connectivity index (χ1v) is 12.5. The first-order valence-electron chi connectivity index (χ1n) is 11.0. The van der Waals surface area contributed by atoms with Gasteiger partial charge in [-0.25, -0.2) is 17.9 Å². The molecule has 1 aliphatic heterocycles. The third kappa shape index (κ3) is 4.29. The van der Waals surface area contributed by atoms with E-state index in [0.717, 1.165) is 11.0 Å². The van der Waals surface area contributed by atoms with Gasteiger partial charge < -0.3 is 14.3 Å². The third-order valence-electron chi connectivity index (χ3n) is 6.17. The predicted molar refractivity (Wildman–Crippen MR) is 126 cm³/mol. The van der Waals surface area contributed by atoms with Crippen LogP contribution in [0.5, 0.6) is 0 Å². The van der Waals surface area contributed by atoms with Crippen molar-refractivity contribution in [2.24, 2.45) is 0 Å². The van der Waals surface area contributed by atoms with Crippen molar-refractivity contribution in [3.63, 3.8) is 0 Å². The van der Waals surface area contributed by atoms with Crippen molar-refractivity contribution >= 4 is 27.0 Å². The number of para-hydroxylation sites is 2. The molecule has 1 aliphatic rings. The second kappa shape index (κ2) is 8.96. The molecule has 0 atom stereocenters. The van der Waals surface area contributed by atoms with E-state index in [0.29, 0.717) is 37.3 Å². The SMILES string of the molecule is O=C(c1ccc(S(=O)(=O)NCc2ccco2)cc1)N1CCC(n2c(=O)[nH]c3ccccc32)CC1. The van der Waals surface area contributed by atoms with E-state index in [1.807, 2.05) is 24.3 Å². The van der Waals surface area contributed by atoms with Crippen molar-refractivity contribution in [3.05, 3.63) is 88.7 Å². The van der Waals surface area contributed by atoms with Gasteiger partial charge >= 0.3 is 5.69 Å². The molecule has 1 amide bonds. The smallest absolute Gasteiger partial charge is 0.326 e. The largest absolute Gasteiger partial charge is 0.468 e. The molecule has 5 rings (SSSR count). The van der Waals surface area contributed by atoms with E-state index in [9.17, 15) is 18.0 Å². The number of hydrogen-bond acceptors (Lipinski definition) is 5. The molecule has 2 aromatic heterocycles. The summed E-state index contributed by atoms with van der Waals surface area (Å²) in [6, 6.07) is 16.9. The van der Waals surface area contributed by atoms with Crippen molar-refractivity contribution in [1.29, 1.82) is 0 Å². The summed E-state index contributed by atoms with van der Waals surface area (Å²) in [5.74, 6) is 0.353. The number of aromatic amines is 1. The number of H-pyrrole nitrogens is 1. The number of nitrogens with zero attached hydrogens (tertiary/aromatic N) is 2. The molecule has 2 aromatic carbocycles. The number of piperidine rings is 1. The van der Waals surface area contributed by atoms with Gasteiger partial charge in [0, 0.05) is 24.7 Å². The van der Waals surface area contributed by atoms with Crippen LogP contribution in [0.4, 0.5) is 0 Å². The van der Waals surface area contributed by atoms with Crippen molar-refractivity contribution in [2.45, 2.75) is 30.3 Å². The lowest BCUT2D eigenvalue weighted by Gasteiger charge is -2.32. The zero-order chi connectivity index (χ0) is 23.7. The molecule has 1 saturated heterocycles. The van der Waals surface area contributed by atoms with Crippen LogP contribution in [-0.4, -0.2) is 41.9 Å². The van der Waals surface area contributed by atoms with Crippen molar-refractivity contribution in [3.8, 4) is 0 Å². The molecule has 0 bridgehead atoms. The number of sulfonamides is 1. The summed E-state index contributed by atoms with van der Waals surface area (Å²) in [5, 5.41) is 0. The predicted octanol–water partition coefficient (Wildman–Crippen LogP) is 2.88. The maximum atomic E-state index is 13.0. The number of rotatable bonds is 6. The molecule has 0 unspecified atom stereocenters. The summed E-state index contributed by atoms with van der Waals surface area (Å²) >= 11 is 0. The first kappa shape index (κ1) is 22.2. The lowest BCUT2D eigenvalue weighted by Crippen LogP contribution is -2.40. The number of likely N-dealkylation sites (tertiary alicyclic amines) is 1. The van der Waals surface area contributed by atoms with E-state index in [1.165, 1.54) is 30.5 Å². The van der Waals surface area contributed by atoms with Crippen molar-refractivity contribution in [1.82, 2.24) is 19.2 Å². The van der Waals surface area contributed by atoms with Crippen LogP contribution >= 0.6 is 0 Å². The fraction of sp³-hybridized carbons (Fsp3) is 0.250. The number of carbonyl (C=O) groups excluding carboxylic acids is 1. The summed E-state index contributed by atoms with van der Waals surface area (Å²) in [7, 11) is -3.73. The molecule has 0 spiro atoms. The summed E-state index contributed by atoms with van der Waals surface area (Å²) in [6.45, 7) is 1.07. The Kier molecular flexibility index (Phi) is 5.84. The lowest BCUT2D eigenvalue weighted by atomic mass is 10.0. The van der Waals surface area contributed by atoms with Crippen LogP contribution < -0.4 is 10.4 Å². The number of furan rings is 1. The summed E-state index contributed by atoms with van der Waals surface area (Å²) in [4.78, 5) is 30.2. The van der Waals surface area contributed by atoms with E-state index in [2.05, 4.69) is 9.71 Å². The second-order valence-corrected chi connectivity index (χ2v) is 10.0. The van der Waals surface area contributed by atoms with Crippen LogP contribution in [-0.2, 0) is 16.6 Å². The highest BCUT2D eigenvalue weighted by molar-refractivity contribution is 7.89. The molecule has 3 heterocycles. The van der Waals surface area contributed by atoms with Gasteiger partial charge in [-0.05, 0) is 61.4 Å². The molecule has 0 saturated carbocycles. The minimum absolute atomic E-state index is 0.0143. The van der Waals surface area contributed by atoms with E-state index in [-0.39, 0.29) is 29.1 Å². The topological polar surface area (TPSA) is 117 Å². The minimum Gasteiger partial charge on any atom is -0.468 e. The Hall–Kier alpha value is -3.63. The number of carbonyl (C=O) groups is 1. The minimum atomic E-state index is -3.73. The maximum Gasteiger partial charge on any atom is 0.326 e. The van der Waals surface area contributed by atoms with Crippen LogP contribution in [0.25, 0.3) is 11.0 Å². The van der Waals surface area contributed by atoms with Crippen LogP contribution in [0, 0.1) is 0 Å². The molecule has 34 heavy (non-hydrogen) atoms. The third-order valence-corrected chi connectivity index (χ3v) is 7.59. The molecule has 0 aliphatic carbocycles. The van der Waals surface area contributed by atoms with E-state index >= 15 is 0 Å². The Morgan fingerprint density at radius 3 is 2.47 bits per heavy atom. The Labute approximate surface area is 196 Å². The summed E-state index contributed by atoms with van der Waals surface area (Å²) in [6.07, 6.45) is 2.80. The van der Waals surface area contributed by atoms with E-state index in [4.69, 9.17) is 4.42 Å². The fourth-order valence-corrected chi connectivity index (χ4v) is 5.38. The average molecular weight is 481 g/mol. The number of benzene rings is 2. The van der Waals surface area contributed by atoms with Crippen molar-refractivity contribution in [2.75, 3.05) is 13.1 Å². The Balaban J connectivity index is 1.23. The fourth-order valence-electron chi connectivity index (χ4n) is 4.39. The monoisotopic (exact) mass is 480 g/mol. The van der Waals surface area contributed by atoms with E-state index < -0.39 is 10.0 Å². The standard InChI is InChI=1S/C24H24N4O5S/c29-23(17-7-9-20(10-8-17)34(31,32)25-16-19-4-3-15-33-19)27-13-11-18(12-14-27)28-22-6-2-1-5-21(22)26-24(28)30/h1-10,15,18,25H,11-14,16H2,(H,26,30). The Bertz CT molecular complexity index is 1460. The quantitative estimate of drug-likeness (QED) is 0.440. The summed E-state index contributed by atoms with van der Waals surface area (Å²) in [5.41, 5.74) is 1.96. The maximum absolute atomic E-state index is 13.0. The highest BCUT2D eigenvalue weighted by Crippen LogP contribution is 2.26. The number of fused-ring (bicyclic) bond motifs is 1. The van der Waals surface area contributed by atoms with Crippen LogP contribution in [0.2, 0.25) is 0 Å². The van der Waals surface area contributed by atoms with Gasteiger partial charge in [-0.3, -0.25) is 9.36 Å². The van der Waals surface area contributed by atoms with Crippen LogP contribution in [0.3, 0.4) is 0 Å². The van der Waals surface area contributed by atoms with Crippen LogP contribution in [0.1, 0.15) is 35.0 Å². The Morgan fingerprint density at radius 1 is 1.03 bits per heavy atom. The number of aromatic nitrogens is 2. The molecule has 2 N–H and O–H groups in total. The average Bonchev–Trinajstić information content (AvgIpc) is 3.49. The zero-order valence-electron chi connectivity index (χ0n) is 18.3. The number of hydrogen-bond donors (Lipinski definition) is 2. The van der Waals surface area contributed by atoms with Crippen LogP contribution in [0.15, 0.2) is 81.0 Å². The molecular weight excluding hydrogens is 456 g/mol. The highest BCUT2D eigenvalue weighted by Gasteiger charge is 2.27. The van der Waals surface area contributed by atoms with Gasteiger partial charge in [-0.2, -0.15) is 0 Å². The molecule has 4 aromatic rings. The molecular formula is C24H24N4O5S. The van der Waals surface area contributed by atoms with Gasteiger partial charge in [0.15, 0.2) is 0 Å². The van der Waals surface area contributed by atoms with E-state index in [1.54, 1.807) is 21.6 Å². The van der Waals surface area contributed by atoms with Gasteiger partial charge in [0.1, 0.15) is 5.76 Å². The van der Waals surface area contributed by atoms with Gasteiger partial charge in [0.2, 0.25) is 10.0 Å². The number of imidazole rings is 1. The first-order chi connectivity index (χ1) is 16.4. The molecule has 1 fully saturated rings. The molecule has 176 valence electrons. The van der Waals surface area contributed by atoms with Gasteiger partial charge in [-0.1, -0.05) is 12.1 Å². The lowest BCUT2D eigenvalue weighted by molar-refractivity contribution is 0.0695. The Morgan fingerprint density at radius 2 is 1.76 bits per heavy atom. The number of amides is 1. The number of nitrogens with one attached hydrogen (secondary N) is 2. The normalized spacial score (nSPS) is 15.1. The summed E-state index contributed by atoms with van der Waals surface area (Å²) < 4.78 is 34.4. The van der Waals surface area contributed by atoms with Crippen molar-refractivity contribution < 1.29 is 17.6 Å². The second-order valence-electron chi connectivity index (χ2n) is 8.27. The van der Waals surface area contributed by atoms with Gasteiger partial charge in [0.25, 0.3) is 5.91 Å².